The normalized spacial score (nSPS) is 10.6. The number of aromatic nitrogens is 1. The zero-order valence-electron chi connectivity index (χ0n) is 16.0. The monoisotopic (exact) mass is 360 g/mol. The van der Waals surface area contributed by atoms with Crippen LogP contribution < -0.4 is 10.3 Å². The Hall–Kier alpha value is -3.14. The summed E-state index contributed by atoms with van der Waals surface area (Å²) in [4.78, 5) is 31.0. The topological polar surface area (TPSA) is 53.2 Å². The highest BCUT2D eigenvalue weighted by atomic mass is 16.2. The van der Waals surface area contributed by atoms with Crippen molar-refractivity contribution in [2.24, 2.45) is 0 Å². The number of carbonyl (C=O) groups excluding carboxylic acids is 1. The zero-order chi connectivity index (χ0) is 19.4. The van der Waals surface area contributed by atoms with Gasteiger partial charge >= 0.3 is 0 Å². The lowest BCUT2D eigenvalue weighted by Crippen LogP contribution is -2.35. The van der Waals surface area contributed by atoms with E-state index in [1.807, 2.05) is 68.4 Å². The van der Waals surface area contributed by atoms with Crippen LogP contribution >= 0.6 is 0 Å². The molecule has 138 valence electrons. The van der Waals surface area contributed by atoms with Crippen LogP contribution in [0.5, 0.6) is 0 Å². The SMILES string of the molecule is CCc1cc(=O)c(C(=O)N(Cc2ccccc2)c2ccccc2C)c(C)[nH]1. The van der Waals surface area contributed by atoms with E-state index < -0.39 is 0 Å². The van der Waals surface area contributed by atoms with Crippen LogP contribution in [-0.2, 0) is 13.0 Å². The van der Waals surface area contributed by atoms with Gasteiger partial charge in [0.1, 0.15) is 5.56 Å². The number of carbonyl (C=O) groups is 1. The number of hydrogen-bond acceptors (Lipinski definition) is 2. The smallest absolute Gasteiger partial charge is 0.264 e. The molecule has 0 saturated heterocycles. The number of pyridine rings is 1. The largest absolute Gasteiger partial charge is 0.362 e. The molecule has 4 heteroatoms. The highest BCUT2D eigenvalue weighted by Gasteiger charge is 2.24. The molecule has 4 nitrogen and oxygen atoms in total. The average molecular weight is 360 g/mol. The van der Waals surface area contributed by atoms with Crippen LogP contribution in [0, 0.1) is 13.8 Å². The Kier molecular flexibility index (Phi) is 5.55. The summed E-state index contributed by atoms with van der Waals surface area (Å²) in [5, 5.41) is 0. The van der Waals surface area contributed by atoms with Crippen molar-refractivity contribution in [1.29, 1.82) is 0 Å². The minimum atomic E-state index is -0.283. The fourth-order valence-corrected chi connectivity index (χ4v) is 3.24. The van der Waals surface area contributed by atoms with Crippen molar-refractivity contribution in [2.45, 2.75) is 33.7 Å². The van der Waals surface area contributed by atoms with Gasteiger partial charge in [-0.3, -0.25) is 9.59 Å². The van der Waals surface area contributed by atoms with Gasteiger partial charge in [0.15, 0.2) is 5.43 Å². The van der Waals surface area contributed by atoms with E-state index in [0.29, 0.717) is 12.2 Å². The van der Waals surface area contributed by atoms with Gasteiger partial charge < -0.3 is 9.88 Å². The Morgan fingerprint density at radius 1 is 1.00 bits per heavy atom. The van der Waals surface area contributed by atoms with Crippen molar-refractivity contribution in [3.05, 3.63) is 99.0 Å². The molecular weight excluding hydrogens is 336 g/mol. The molecular formula is C23H24N2O2. The maximum atomic E-state index is 13.4. The second kappa shape index (κ2) is 8.04. The molecule has 3 rings (SSSR count). The predicted octanol–water partition coefficient (Wildman–Crippen LogP) is 4.40. The summed E-state index contributed by atoms with van der Waals surface area (Å²) in [6, 6.07) is 19.1. The van der Waals surface area contributed by atoms with E-state index >= 15 is 0 Å². The number of amides is 1. The van der Waals surface area contributed by atoms with Gasteiger partial charge in [0.25, 0.3) is 5.91 Å². The van der Waals surface area contributed by atoms with Crippen molar-refractivity contribution in [3.63, 3.8) is 0 Å². The highest BCUT2D eigenvalue weighted by Crippen LogP contribution is 2.24. The number of aromatic amines is 1. The maximum Gasteiger partial charge on any atom is 0.264 e. The molecule has 0 aliphatic rings. The molecule has 0 saturated carbocycles. The quantitative estimate of drug-likeness (QED) is 0.733. The summed E-state index contributed by atoms with van der Waals surface area (Å²) in [5.41, 5.74) is 4.21. The number of hydrogen-bond donors (Lipinski definition) is 1. The van der Waals surface area contributed by atoms with Crippen LogP contribution in [0.15, 0.2) is 65.5 Å². The van der Waals surface area contributed by atoms with Gasteiger partial charge in [0.2, 0.25) is 0 Å². The zero-order valence-corrected chi connectivity index (χ0v) is 16.0. The van der Waals surface area contributed by atoms with E-state index in [-0.39, 0.29) is 16.9 Å². The molecule has 1 aromatic heterocycles. The van der Waals surface area contributed by atoms with Crippen molar-refractivity contribution in [2.75, 3.05) is 4.90 Å². The Morgan fingerprint density at radius 2 is 1.67 bits per heavy atom. The van der Waals surface area contributed by atoms with Gasteiger partial charge in [-0.25, -0.2) is 0 Å². The predicted molar refractivity (Wildman–Crippen MR) is 109 cm³/mol. The van der Waals surface area contributed by atoms with Crippen LogP contribution in [0.3, 0.4) is 0 Å². The molecule has 0 aliphatic heterocycles. The molecule has 0 atom stereocenters. The molecule has 1 amide bonds. The Bertz CT molecular complexity index is 1010. The molecule has 1 N–H and O–H groups in total. The first-order valence-electron chi connectivity index (χ1n) is 9.15. The Balaban J connectivity index is 2.09. The van der Waals surface area contributed by atoms with Crippen molar-refractivity contribution >= 4 is 11.6 Å². The molecule has 27 heavy (non-hydrogen) atoms. The minimum Gasteiger partial charge on any atom is -0.362 e. The first-order valence-corrected chi connectivity index (χ1v) is 9.15. The van der Waals surface area contributed by atoms with Crippen LogP contribution in [0.2, 0.25) is 0 Å². The number of nitrogens with zero attached hydrogens (tertiary/aromatic N) is 1. The summed E-state index contributed by atoms with van der Waals surface area (Å²) in [6.45, 7) is 6.13. The van der Waals surface area contributed by atoms with Crippen LogP contribution in [0.4, 0.5) is 5.69 Å². The van der Waals surface area contributed by atoms with E-state index in [1.54, 1.807) is 11.8 Å². The second-order valence-corrected chi connectivity index (χ2v) is 6.68. The molecule has 0 unspecified atom stereocenters. The maximum absolute atomic E-state index is 13.4. The second-order valence-electron chi connectivity index (χ2n) is 6.68. The number of aryl methyl sites for hydroxylation is 3. The van der Waals surface area contributed by atoms with Gasteiger partial charge in [-0.1, -0.05) is 55.5 Å². The van der Waals surface area contributed by atoms with Gasteiger partial charge in [0, 0.05) is 23.1 Å². The van der Waals surface area contributed by atoms with Crippen LogP contribution in [0.25, 0.3) is 0 Å². The first-order chi connectivity index (χ1) is 13.0. The first kappa shape index (κ1) is 18.6. The molecule has 1 heterocycles. The lowest BCUT2D eigenvalue weighted by molar-refractivity contribution is 0.0983. The molecule has 0 radical (unpaired) electrons. The van der Waals surface area contributed by atoms with Gasteiger partial charge in [-0.2, -0.15) is 0 Å². The van der Waals surface area contributed by atoms with Crippen molar-refractivity contribution < 1.29 is 4.79 Å². The Morgan fingerprint density at radius 3 is 2.30 bits per heavy atom. The third kappa shape index (κ3) is 4.00. The third-order valence-corrected chi connectivity index (χ3v) is 4.70. The molecule has 2 aromatic carbocycles. The summed E-state index contributed by atoms with van der Waals surface area (Å²) < 4.78 is 0. The minimum absolute atomic E-state index is 0.200. The molecule has 0 spiro atoms. The summed E-state index contributed by atoms with van der Waals surface area (Å²) in [6.07, 6.45) is 0.718. The number of anilines is 1. The highest BCUT2D eigenvalue weighted by molar-refractivity contribution is 6.07. The van der Waals surface area contributed by atoms with E-state index in [9.17, 15) is 9.59 Å². The fourth-order valence-electron chi connectivity index (χ4n) is 3.24. The van der Waals surface area contributed by atoms with Crippen molar-refractivity contribution in [3.8, 4) is 0 Å². The van der Waals surface area contributed by atoms with E-state index in [1.165, 1.54) is 6.07 Å². The summed E-state index contributed by atoms with van der Waals surface area (Å²) in [7, 11) is 0. The van der Waals surface area contributed by atoms with Crippen LogP contribution in [0.1, 0.15) is 39.8 Å². The number of H-pyrrole nitrogens is 1. The molecule has 0 bridgehead atoms. The standard InChI is InChI=1S/C23H24N2O2/c1-4-19-14-21(26)22(17(3)24-19)23(27)25(15-18-11-6-5-7-12-18)20-13-9-8-10-16(20)2/h5-14H,4,15H2,1-3H3,(H,24,26). The van der Waals surface area contributed by atoms with Gasteiger partial charge in [-0.15, -0.1) is 0 Å². The number of para-hydroxylation sites is 1. The summed E-state index contributed by atoms with van der Waals surface area (Å²) >= 11 is 0. The number of rotatable bonds is 5. The molecule has 0 fully saturated rings. The molecule has 0 aliphatic carbocycles. The third-order valence-electron chi connectivity index (χ3n) is 4.70. The van der Waals surface area contributed by atoms with Crippen LogP contribution in [-0.4, -0.2) is 10.9 Å². The van der Waals surface area contributed by atoms with Gasteiger partial charge in [-0.05, 0) is 37.5 Å². The number of benzene rings is 2. The van der Waals surface area contributed by atoms with E-state index in [4.69, 9.17) is 0 Å². The lowest BCUT2D eigenvalue weighted by atomic mass is 10.1. The average Bonchev–Trinajstić information content (AvgIpc) is 2.67. The lowest BCUT2D eigenvalue weighted by Gasteiger charge is -2.25. The van der Waals surface area contributed by atoms with E-state index in [0.717, 1.165) is 28.9 Å². The van der Waals surface area contributed by atoms with Crippen molar-refractivity contribution in [1.82, 2.24) is 4.98 Å². The fraction of sp³-hybridized carbons (Fsp3) is 0.217. The van der Waals surface area contributed by atoms with E-state index in [2.05, 4.69) is 4.98 Å². The number of nitrogens with one attached hydrogen (secondary N) is 1. The molecule has 3 aromatic rings. The summed E-state index contributed by atoms with van der Waals surface area (Å²) in [5.74, 6) is -0.283. The van der Waals surface area contributed by atoms with Gasteiger partial charge in [0.05, 0.1) is 6.54 Å². The Labute approximate surface area is 159 Å².